The Balaban J connectivity index is 1.48. The predicted octanol–water partition coefficient (Wildman–Crippen LogP) is 7.07. The van der Waals surface area contributed by atoms with E-state index in [-0.39, 0.29) is 12.5 Å². The molecule has 232 valence electrons. The maximum absolute atomic E-state index is 13.9. The molecule has 6 rings (SSSR count). The number of hydrogen-bond acceptors (Lipinski definition) is 8. The van der Waals surface area contributed by atoms with Gasteiger partial charge < -0.3 is 9.47 Å². The molecule has 2 aromatic heterocycles. The van der Waals surface area contributed by atoms with Crippen LogP contribution < -0.4 is 4.90 Å². The number of aromatic nitrogens is 3. The summed E-state index contributed by atoms with van der Waals surface area (Å²) < 4.78 is 14.5. The Morgan fingerprint density at radius 2 is 1.84 bits per heavy atom. The van der Waals surface area contributed by atoms with Crippen LogP contribution in [0.1, 0.15) is 50.5 Å². The molecule has 0 unspecified atom stereocenters. The number of rotatable bonds is 7. The van der Waals surface area contributed by atoms with Gasteiger partial charge in [-0.3, -0.25) is 19.4 Å². The van der Waals surface area contributed by atoms with Gasteiger partial charge in [0.25, 0.3) is 5.91 Å². The summed E-state index contributed by atoms with van der Waals surface area (Å²) in [5, 5.41) is 6.41. The minimum absolute atomic E-state index is 0.214. The minimum Gasteiger partial charge on any atom is -0.464 e. The van der Waals surface area contributed by atoms with Crippen LogP contribution in [0.15, 0.2) is 59.7 Å². The van der Waals surface area contributed by atoms with Crippen LogP contribution >= 0.6 is 22.9 Å². The molecule has 0 aliphatic carbocycles. The van der Waals surface area contributed by atoms with Crippen molar-refractivity contribution < 1.29 is 19.1 Å². The van der Waals surface area contributed by atoms with Gasteiger partial charge in [-0.05, 0) is 76.1 Å². The summed E-state index contributed by atoms with van der Waals surface area (Å²) in [5.74, 6) is -0.679. The molecule has 1 aliphatic heterocycles. The molecule has 0 fully saturated rings. The van der Waals surface area contributed by atoms with Crippen LogP contribution in [0, 0.1) is 6.92 Å². The summed E-state index contributed by atoms with van der Waals surface area (Å²) in [7, 11) is 1.88. The number of fused-ring (bicyclic) bond motifs is 2. The van der Waals surface area contributed by atoms with E-state index in [1.807, 2.05) is 83.3 Å². The lowest BCUT2D eigenvalue weighted by molar-refractivity contribution is -0.166. The second-order valence-corrected chi connectivity index (χ2v) is 13.3. The molecule has 0 bridgehead atoms. The van der Waals surface area contributed by atoms with E-state index >= 15 is 0 Å². The fourth-order valence-corrected chi connectivity index (χ4v) is 6.90. The third-order valence-corrected chi connectivity index (χ3v) is 8.94. The van der Waals surface area contributed by atoms with Crippen molar-refractivity contribution in [1.29, 1.82) is 0 Å². The zero-order valence-electron chi connectivity index (χ0n) is 26.1. The molecule has 0 saturated heterocycles. The molecule has 0 spiro atoms. The largest absolute Gasteiger partial charge is 0.464 e. The first-order valence-corrected chi connectivity index (χ1v) is 16.0. The topological polar surface area (TPSA) is 98.9 Å². The van der Waals surface area contributed by atoms with Crippen LogP contribution in [-0.4, -0.2) is 57.7 Å². The van der Waals surface area contributed by atoms with Gasteiger partial charge in [0.2, 0.25) is 0 Å². The highest BCUT2D eigenvalue weighted by atomic mass is 35.5. The number of nitrogens with zero attached hydrogens (tertiary/aromatic N) is 5. The van der Waals surface area contributed by atoms with Crippen molar-refractivity contribution in [2.45, 2.75) is 46.3 Å². The fourth-order valence-electron chi connectivity index (χ4n) is 5.62. The summed E-state index contributed by atoms with van der Waals surface area (Å²) in [5.41, 5.74) is 5.36. The average molecular weight is 644 g/mol. The van der Waals surface area contributed by atoms with Gasteiger partial charge in [0.15, 0.2) is 11.2 Å². The monoisotopic (exact) mass is 643 g/mol. The normalized spacial score (nSPS) is 14.7. The first-order valence-electron chi connectivity index (χ1n) is 14.8. The van der Waals surface area contributed by atoms with E-state index in [1.165, 1.54) is 11.3 Å². The van der Waals surface area contributed by atoms with Gasteiger partial charge in [-0.15, -0.1) is 0 Å². The Morgan fingerprint density at radius 3 is 2.56 bits per heavy atom. The van der Waals surface area contributed by atoms with Crippen molar-refractivity contribution in [1.82, 2.24) is 14.8 Å². The van der Waals surface area contributed by atoms with Crippen molar-refractivity contribution >= 4 is 66.8 Å². The van der Waals surface area contributed by atoms with Crippen LogP contribution in [0.4, 0.5) is 5.13 Å². The SMILES string of the molecule is CCOC(=O)[C@@H](OC(C)(C)C)c1c(C)cc2nc(N3CCN=C(c4ccc5c(cnn5C)c4)C3=O)sc2c1-c1ccc(Cl)cc1. The number of hydrogen-bond donors (Lipinski definition) is 0. The molecule has 1 aliphatic rings. The lowest BCUT2D eigenvalue weighted by Gasteiger charge is -2.29. The standard InChI is InChI=1S/C34H34ClN5O4S/c1-7-43-32(42)29(44-34(3,4)5)26-19(2)16-24-30(27(26)20-8-11-23(35)12-9-20)45-33(38-24)40-15-14-36-28(31(40)41)21-10-13-25-22(17-21)18-37-39(25)6/h8-13,16-18,29H,7,14-15H2,1-6H3/t29-/m0/s1. The molecular formula is C34H34ClN5O4S. The van der Waals surface area contributed by atoms with E-state index in [0.29, 0.717) is 40.0 Å². The number of halogens is 1. The number of carbonyl (C=O) groups is 2. The Hall–Kier alpha value is -4.12. The van der Waals surface area contributed by atoms with E-state index in [9.17, 15) is 9.59 Å². The number of esters is 1. The van der Waals surface area contributed by atoms with Gasteiger partial charge in [0.1, 0.15) is 5.71 Å². The lowest BCUT2D eigenvalue weighted by Crippen LogP contribution is -2.42. The third kappa shape index (κ3) is 5.97. The predicted molar refractivity (Wildman–Crippen MR) is 179 cm³/mol. The minimum atomic E-state index is -0.983. The zero-order chi connectivity index (χ0) is 32.0. The van der Waals surface area contributed by atoms with Crippen LogP contribution in [0.5, 0.6) is 0 Å². The highest BCUT2D eigenvalue weighted by Crippen LogP contribution is 2.44. The van der Waals surface area contributed by atoms with Crippen molar-refractivity contribution in [2.75, 3.05) is 24.6 Å². The maximum Gasteiger partial charge on any atom is 0.339 e. The van der Waals surface area contributed by atoms with Gasteiger partial charge in [0, 0.05) is 40.7 Å². The van der Waals surface area contributed by atoms with Gasteiger partial charge in [-0.2, -0.15) is 5.10 Å². The molecule has 1 amide bonds. The molecule has 0 saturated carbocycles. The van der Waals surface area contributed by atoms with Crippen LogP contribution in [0.25, 0.3) is 32.2 Å². The molecule has 11 heteroatoms. The third-order valence-electron chi connectivity index (χ3n) is 7.58. The molecule has 5 aromatic rings. The lowest BCUT2D eigenvalue weighted by atomic mass is 9.91. The maximum atomic E-state index is 13.9. The molecular weight excluding hydrogens is 610 g/mol. The van der Waals surface area contributed by atoms with E-state index < -0.39 is 17.7 Å². The smallest absolute Gasteiger partial charge is 0.339 e. The molecule has 3 heterocycles. The van der Waals surface area contributed by atoms with Crippen LogP contribution in [-0.2, 0) is 26.1 Å². The Morgan fingerprint density at radius 1 is 1.11 bits per heavy atom. The summed E-state index contributed by atoms with van der Waals surface area (Å²) in [6.07, 6.45) is 0.798. The summed E-state index contributed by atoms with van der Waals surface area (Å²) >= 11 is 7.69. The summed E-state index contributed by atoms with van der Waals surface area (Å²) in [6, 6.07) is 15.2. The Bertz CT molecular complexity index is 1970. The van der Waals surface area contributed by atoms with E-state index in [4.69, 9.17) is 26.1 Å². The second-order valence-electron chi connectivity index (χ2n) is 11.9. The van der Waals surface area contributed by atoms with Crippen molar-refractivity contribution in [3.63, 3.8) is 0 Å². The number of benzene rings is 3. The molecule has 3 aromatic carbocycles. The molecule has 0 N–H and O–H groups in total. The molecule has 1 atom stereocenters. The number of aliphatic imine (C=N–C) groups is 1. The van der Waals surface area contributed by atoms with E-state index in [1.54, 1.807) is 22.7 Å². The number of anilines is 1. The molecule has 9 nitrogen and oxygen atoms in total. The Kier molecular flexibility index (Phi) is 8.24. The number of carbonyl (C=O) groups excluding carboxylic acids is 2. The first kappa shape index (κ1) is 30.9. The second kappa shape index (κ2) is 12.0. The molecule has 0 radical (unpaired) electrons. The van der Waals surface area contributed by atoms with Gasteiger partial charge in [-0.1, -0.05) is 41.1 Å². The highest BCUT2D eigenvalue weighted by molar-refractivity contribution is 7.23. The number of aryl methyl sites for hydroxylation is 2. The van der Waals surface area contributed by atoms with Crippen LogP contribution in [0.2, 0.25) is 5.02 Å². The average Bonchev–Trinajstić information content (AvgIpc) is 3.58. The summed E-state index contributed by atoms with van der Waals surface area (Å²) in [6.45, 7) is 10.5. The van der Waals surface area contributed by atoms with Gasteiger partial charge >= 0.3 is 5.97 Å². The van der Waals surface area contributed by atoms with Crippen molar-refractivity contribution in [3.05, 3.63) is 76.4 Å². The number of ether oxygens (including phenoxy) is 2. The van der Waals surface area contributed by atoms with Crippen LogP contribution in [0.3, 0.4) is 0 Å². The Labute approximate surface area is 270 Å². The highest BCUT2D eigenvalue weighted by Gasteiger charge is 2.35. The van der Waals surface area contributed by atoms with E-state index in [2.05, 4.69) is 10.1 Å². The van der Waals surface area contributed by atoms with Gasteiger partial charge in [-0.25, -0.2) is 9.78 Å². The number of thiazole rings is 1. The van der Waals surface area contributed by atoms with E-state index in [0.717, 1.165) is 37.9 Å². The van der Waals surface area contributed by atoms with Crippen molar-refractivity contribution in [2.24, 2.45) is 12.0 Å². The van der Waals surface area contributed by atoms with Crippen molar-refractivity contribution in [3.8, 4) is 11.1 Å². The summed E-state index contributed by atoms with van der Waals surface area (Å²) in [4.78, 5) is 38.7. The fraction of sp³-hybridized carbons (Fsp3) is 0.324. The zero-order valence-corrected chi connectivity index (χ0v) is 27.6. The van der Waals surface area contributed by atoms with Gasteiger partial charge in [0.05, 0.1) is 40.7 Å². The quantitative estimate of drug-likeness (QED) is 0.176. The molecule has 45 heavy (non-hydrogen) atoms. The first-order chi connectivity index (χ1) is 21.4. The number of amides is 1.